The number of rotatable bonds is 8. The highest BCUT2D eigenvalue weighted by atomic mass is 35.5. The molecule has 3 aromatic rings. The molecule has 0 aliphatic rings. The van der Waals surface area contributed by atoms with Crippen LogP contribution in [0.25, 0.3) is 0 Å². The lowest BCUT2D eigenvalue weighted by Gasteiger charge is -2.15. The van der Waals surface area contributed by atoms with Crippen LogP contribution in [0.3, 0.4) is 0 Å². The number of anilines is 2. The molecule has 0 aliphatic carbocycles. The van der Waals surface area contributed by atoms with Gasteiger partial charge in [-0.3, -0.25) is 9.59 Å². The number of benzene rings is 3. The van der Waals surface area contributed by atoms with E-state index in [9.17, 15) is 14.0 Å². The lowest BCUT2D eigenvalue weighted by atomic mass is 10.2. The molecule has 166 valence electrons. The Bertz CT molecular complexity index is 1110. The van der Waals surface area contributed by atoms with E-state index >= 15 is 0 Å². The van der Waals surface area contributed by atoms with Crippen molar-refractivity contribution in [2.75, 3.05) is 17.2 Å². The van der Waals surface area contributed by atoms with E-state index in [1.54, 1.807) is 42.5 Å². The third-order valence-corrected chi connectivity index (χ3v) is 4.66. The molecule has 0 aliphatic heterocycles. The monoisotopic (exact) mass is 456 g/mol. The zero-order valence-electron chi connectivity index (χ0n) is 17.5. The first kappa shape index (κ1) is 23.1. The number of carbonyl (C=O) groups excluding carboxylic acids is 2. The van der Waals surface area contributed by atoms with Crippen molar-refractivity contribution in [1.29, 1.82) is 0 Å². The zero-order chi connectivity index (χ0) is 23.1. The van der Waals surface area contributed by atoms with Gasteiger partial charge in [0.2, 0.25) is 0 Å². The molecule has 0 bridgehead atoms. The van der Waals surface area contributed by atoms with E-state index in [0.29, 0.717) is 29.4 Å². The molecule has 2 amide bonds. The summed E-state index contributed by atoms with van der Waals surface area (Å²) in [7, 11) is 0. The van der Waals surface area contributed by atoms with Crippen LogP contribution in [0.15, 0.2) is 66.7 Å². The molecule has 0 heterocycles. The Kier molecular flexibility index (Phi) is 7.68. The van der Waals surface area contributed by atoms with Gasteiger partial charge < -0.3 is 20.1 Å². The summed E-state index contributed by atoms with van der Waals surface area (Å²) in [5.74, 6) is -0.511. The third kappa shape index (κ3) is 5.98. The highest BCUT2D eigenvalue weighted by molar-refractivity contribution is 6.30. The SMILES string of the molecule is CCOc1ccccc1NC(=O)c1ccc(OC(C)C(=O)Nc2ccc(Cl)cc2F)cc1. The van der Waals surface area contributed by atoms with Crippen molar-refractivity contribution in [3.05, 3.63) is 83.1 Å². The van der Waals surface area contributed by atoms with Crippen LogP contribution in [-0.2, 0) is 4.79 Å². The Morgan fingerprint density at radius 3 is 2.41 bits per heavy atom. The maximum atomic E-state index is 13.9. The fourth-order valence-corrected chi connectivity index (χ4v) is 2.97. The van der Waals surface area contributed by atoms with Crippen molar-refractivity contribution in [3.8, 4) is 11.5 Å². The summed E-state index contributed by atoms with van der Waals surface area (Å²) in [6, 6.07) is 17.4. The standard InChI is InChI=1S/C24H22ClFN2O4/c1-3-31-22-7-5-4-6-21(22)28-24(30)16-8-11-18(12-9-16)32-15(2)23(29)27-20-13-10-17(25)14-19(20)26/h4-15H,3H2,1-2H3,(H,27,29)(H,28,30). The predicted molar refractivity (Wildman–Crippen MR) is 122 cm³/mol. The molecule has 1 atom stereocenters. The van der Waals surface area contributed by atoms with Gasteiger partial charge in [-0.25, -0.2) is 4.39 Å². The predicted octanol–water partition coefficient (Wildman–Crippen LogP) is 5.54. The average Bonchev–Trinajstić information content (AvgIpc) is 2.77. The summed E-state index contributed by atoms with van der Waals surface area (Å²) in [6.45, 7) is 3.88. The minimum atomic E-state index is -0.900. The van der Waals surface area contributed by atoms with Gasteiger partial charge in [0, 0.05) is 10.6 Å². The summed E-state index contributed by atoms with van der Waals surface area (Å²) in [5.41, 5.74) is 0.984. The van der Waals surface area contributed by atoms with E-state index in [-0.39, 0.29) is 16.6 Å². The molecule has 6 nitrogen and oxygen atoms in total. The van der Waals surface area contributed by atoms with Crippen LogP contribution in [0.5, 0.6) is 11.5 Å². The second-order valence-corrected chi connectivity index (χ2v) is 7.22. The van der Waals surface area contributed by atoms with Crippen molar-refractivity contribution in [2.24, 2.45) is 0 Å². The second-order valence-electron chi connectivity index (χ2n) is 6.78. The number of ether oxygens (including phenoxy) is 2. The molecule has 0 spiro atoms. The van der Waals surface area contributed by atoms with Gasteiger partial charge in [-0.05, 0) is 68.4 Å². The van der Waals surface area contributed by atoms with Gasteiger partial charge in [-0.15, -0.1) is 0 Å². The molecule has 0 radical (unpaired) electrons. The van der Waals surface area contributed by atoms with Crippen LogP contribution in [0.1, 0.15) is 24.2 Å². The molecular formula is C24H22ClFN2O4. The van der Waals surface area contributed by atoms with Crippen LogP contribution >= 0.6 is 11.6 Å². The van der Waals surface area contributed by atoms with Crippen LogP contribution in [0.2, 0.25) is 5.02 Å². The lowest BCUT2D eigenvalue weighted by Crippen LogP contribution is -2.30. The Hall–Kier alpha value is -3.58. The summed E-state index contributed by atoms with van der Waals surface area (Å²) in [5, 5.41) is 5.50. The van der Waals surface area contributed by atoms with Crippen LogP contribution in [0, 0.1) is 5.82 Å². The van der Waals surface area contributed by atoms with E-state index in [0.717, 1.165) is 6.07 Å². The number of amides is 2. The highest BCUT2D eigenvalue weighted by Gasteiger charge is 2.17. The maximum Gasteiger partial charge on any atom is 0.265 e. The van der Waals surface area contributed by atoms with E-state index in [2.05, 4.69) is 10.6 Å². The minimum absolute atomic E-state index is 0.00852. The van der Waals surface area contributed by atoms with Crippen molar-refractivity contribution in [3.63, 3.8) is 0 Å². The first-order valence-corrected chi connectivity index (χ1v) is 10.3. The molecule has 8 heteroatoms. The normalized spacial score (nSPS) is 11.4. The molecule has 2 N–H and O–H groups in total. The summed E-state index contributed by atoms with van der Waals surface area (Å²) < 4.78 is 25.0. The first-order valence-electron chi connectivity index (χ1n) is 9.93. The molecule has 32 heavy (non-hydrogen) atoms. The van der Waals surface area contributed by atoms with Crippen LogP contribution in [-0.4, -0.2) is 24.5 Å². The quantitative estimate of drug-likeness (QED) is 0.467. The van der Waals surface area contributed by atoms with Crippen molar-refractivity contribution >= 4 is 34.8 Å². The van der Waals surface area contributed by atoms with Gasteiger partial charge in [0.15, 0.2) is 6.10 Å². The van der Waals surface area contributed by atoms with Gasteiger partial charge in [0.1, 0.15) is 17.3 Å². The number of nitrogens with one attached hydrogen (secondary N) is 2. The fraction of sp³-hybridized carbons (Fsp3) is 0.167. The summed E-state index contributed by atoms with van der Waals surface area (Å²) >= 11 is 5.71. The highest BCUT2D eigenvalue weighted by Crippen LogP contribution is 2.25. The van der Waals surface area contributed by atoms with Gasteiger partial charge in [0.25, 0.3) is 11.8 Å². The molecule has 1 unspecified atom stereocenters. The summed E-state index contributed by atoms with van der Waals surface area (Å²) in [4.78, 5) is 24.9. The topological polar surface area (TPSA) is 76.7 Å². The Labute approximate surface area is 190 Å². The number of hydrogen-bond donors (Lipinski definition) is 2. The van der Waals surface area contributed by atoms with E-state index in [1.165, 1.54) is 19.1 Å². The van der Waals surface area contributed by atoms with E-state index < -0.39 is 17.8 Å². The van der Waals surface area contributed by atoms with Gasteiger partial charge in [-0.1, -0.05) is 23.7 Å². The first-order chi connectivity index (χ1) is 15.4. The van der Waals surface area contributed by atoms with Gasteiger partial charge >= 0.3 is 0 Å². The van der Waals surface area contributed by atoms with E-state index in [4.69, 9.17) is 21.1 Å². The third-order valence-electron chi connectivity index (χ3n) is 4.42. The van der Waals surface area contributed by atoms with Crippen molar-refractivity contribution < 1.29 is 23.5 Å². The molecule has 0 fully saturated rings. The Morgan fingerprint density at radius 1 is 1.00 bits per heavy atom. The van der Waals surface area contributed by atoms with E-state index in [1.807, 2.05) is 13.0 Å². The molecule has 3 rings (SSSR count). The Balaban J connectivity index is 1.60. The average molecular weight is 457 g/mol. The Morgan fingerprint density at radius 2 is 1.72 bits per heavy atom. The fourth-order valence-electron chi connectivity index (χ4n) is 2.81. The smallest absolute Gasteiger partial charge is 0.265 e. The number of hydrogen-bond acceptors (Lipinski definition) is 4. The number of carbonyl (C=O) groups is 2. The second kappa shape index (κ2) is 10.6. The molecule has 3 aromatic carbocycles. The molecule has 0 saturated heterocycles. The number of halogens is 2. The zero-order valence-corrected chi connectivity index (χ0v) is 18.3. The largest absolute Gasteiger partial charge is 0.492 e. The van der Waals surface area contributed by atoms with Crippen molar-refractivity contribution in [1.82, 2.24) is 0 Å². The molecule has 0 saturated carbocycles. The van der Waals surface area contributed by atoms with Crippen LogP contribution in [0.4, 0.5) is 15.8 Å². The minimum Gasteiger partial charge on any atom is -0.492 e. The maximum absolute atomic E-state index is 13.9. The van der Waals surface area contributed by atoms with Gasteiger partial charge in [-0.2, -0.15) is 0 Å². The molecule has 0 aromatic heterocycles. The lowest BCUT2D eigenvalue weighted by molar-refractivity contribution is -0.122. The summed E-state index contributed by atoms with van der Waals surface area (Å²) in [6.07, 6.45) is -0.900. The van der Waals surface area contributed by atoms with Crippen LogP contribution < -0.4 is 20.1 Å². The number of para-hydroxylation sites is 2. The van der Waals surface area contributed by atoms with Crippen molar-refractivity contribution in [2.45, 2.75) is 20.0 Å². The van der Waals surface area contributed by atoms with Gasteiger partial charge in [0.05, 0.1) is 18.0 Å². The molecular weight excluding hydrogens is 435 g/mol.